The van der Waals surface area contributed by atoms with Crippen molar-refractivity contribution in [2.75, 3.05) is 0 Å². The van der Waals surface area contributed by atoms with Crippen molar-refractivity contribution in [3.63, 3.8) is 0 Å². The summed E-state index contributed by atoms with van der Waals surface area (Å²) in [7, 11) is 0. The fraction of sp³-hybridized carbons (Fsp3) is 0.231. The van der Waals surface area contributed by atoms with Crippen LogP contribution in [0.1, 0.15) is 34.1 Å². The van der Waals surface area contributed by atoms with Gasteiger partial charge in [-0.15, -0.1) is 11.3 Å². The van der Waals surface area contributed by atoms with E-state index in [4.69, 9.17) is 11.6 Å². The molecule has 0 radical (unpaired) electrons. The summed E-state index contributed by atoms with van der Waals surface area (Å²) in [6.07, 6.45) is 0. The molecule has 3 heterocycles. The van der Waals surface area contributed by atoms with E-state index in [0.717, 1.165) is 26.9 Å². The molecule has 2 aromatic carbocycles. The van der Waals surface area contributed by atoms with E-state index in [1.165, 1.54) is 0 Å². The van der Waals surface area contributed by atoms with Gasteiger partial charge in [0.05, 0.1) is 6.54 Å². The van der Waals surface area contributed by atoms with Crippen LogP contribution in [-0.2, 0) is 24.4 Å². The van der Waals surface area contributed by atoms with E-state index in [-0.39, 0.29) is 11.8 Å². The predicted molar refractivity (Wildman–Crippen MR) is 133 cm³/mol. The van der Waals surface area contributed by atoms with Crippen LogP contribution in [0, 0.1) is 6.92 Å². The Morgan fingerprint density at radius 2 is 1.91 bits per heavy atom. The molecular formula is C26H24ClN3O2S. The zero-order chi connectivity index (χ0) is 23.2. The number of nitrogens with one attached hydrogen (secondary N) is 1. The highest BCUT2D eigenvalue weighted by molar-refractivity contribution is 7.16. The molecule has 5 nitrogen and oxygen atoms in total. The van der Waals surface area contributed by atoms with Crippen molar-refractivity contribution in [1.82, 2.24) is 14.8 Å². The molecule has 0 unspecified atom stereocenters. The van der Waals surface area contributed by atoms with Crippen molar-refractivity contribution in [2.24, 2.45) is 0 Å². The smallest absolute Gasteiger partial charge is 0.271 e. The van der Waals surface area contributed by atoms with Crippen LogP contribution in [0.15, 0.2) is 66.0 Å². The summed E-state index contributed by atoms with van der Waals surface area (Å²) in [4.78, 5) is 30.1. The number of aromatic nitrogens is 1. The molecule has 0 fully saturated rings. The van der Waals surface area contributed by atoms with Gasteiger partial charge in [-0.1, -0.05) is 53.6 Å². The summed E-state index contributed by atoms with van der Waals surface area (Å²) in [6, 6.07) is 19.4. The molecule has 7 heteroatoms. The number of carbonyl (C=O) groups excluding carboxylic acids is 2. The third-order valence-corrected chi connectivity index (χ3v) is 7.51. The van der Waals surface area contributed by atoms with Gasteiger partial charge in [-0.2, -0.15) is 0 Å². The molecule has 33 heavy (non-hydrogen) atoms. The van der Waals surface area contributed by atoms with Crippen LogP contribution in [0.25, 0.3) is 10.2 Å². The Labute approximate surface area is 201 Å². The molecular weight excluding hydrogens is 454 g/mol. The molecule has 2 aromatic heterocycles. The molecule has 1 aliphatic rings. The van der Waals surface area contributed by atoms with Gasteiger partial charge in [-0.25, -0.2) is 0 Å². The zero-order valence-electron chi connectivity index (χ0n) is 18.5. The Kier molecular flexibility index (Phi) is 5.51. The number of hydrogen-bond donors (Lipinski definition) is 1. The van der Waals surface area contributed by atoms with E-state index in [1.807, 2.05) is 66.3 Å². The van der Waals surface area contributed by atoms with Crippen LogP contribution in [0.2, 0.25) is 5.02 Å². The topological polar surface area (TPSA) is 54.3 Å². The number of nitrogens with zero attached hydrogens (tertiary/aromatic N) is 2. The Morgan fingerprint density at radius 1 is 1.12 bits per heavy atom. The van der Waals surface area contributed by atoms with Crippen molar-refractivity contribution in [1.29, 1.82) is 0 Å². The van der Waals surface area contributed by atoms with Gasteiger partial charge in [0.1, 0.15) is 16.1 Å². The first-order valence-electron chi connectivity index (χ1n) is 10.8. The van der Waals surface area contributed by atoms with Crippen LogP contribution in [0.4, 0.5) is 0 Å². The molecule has 1 aliphatic heterocycles. The Hall–Kier alpha value is -3.09. The number of hydrogen-bond acceptors (Lipinski definition) is 3. The average molecular weight is 478 g/mol. The standard InChI is InChI=1S/C26H24ClN3O2S/c1-17-4-3-5-19(12-17)15-30-23(31)22-13-20-10-11-33-24(20)29(22)16-26(30,2)25(32)28-14-18-6-8-21(27)9-7-18/h3-13H,14-16H2,1-2H3,(H,28,32)/t26-/m0/s1. The number of carbonyl (C=O) groups is 2. The van der Waals surface area contributed by atoms with Crippen LogP contribution in [0.3, 0.4) is 0 Å². The molecule has 168 valence electrons. The van der Waals surface area contributed by atoms with E-state index in [0.29, 0.717) is 30.4 Å². The number of halogens is 1. The summed E-state index contributed by atoms with van der Waals surface area (Å²) in [5.74, 6) is -0.308. The first-order valence-corrected chi connectivity index (χ1v) is 12.1. The Bertz CT molecular complexity index is 1360. The SMILES string of the molecule is Cc1cccc(CN2C(=O)c3cc4ccsc4n3C[C@@]2(C)C(=O)NCc2ccc(Cl)cc2)c1. The van der Waals surface area contributed by atoms with Gasteiger partial charge in [0.2, 0.25) is 5.91 Å². The second-order valence-corrected chi connectivity index (χ2v) is 10.1. The van der Waals surface area contributed by atoms with Crippen molar-refractivity contribution < 1.29 is 9.59 Å². The molecule has 4 aromatic rings. The third kappa shape index (κ3) is 3.94. The third-order valence-electron chi connectivity index (χ3n) is 6.31. The van der Waals surface area contributed by atoms with Gasteiger partial charge in [0, 0.05) is 23.5 Å². The van der Waals surface area contributed by atoms with E-state index in [1.54, 1.807) is 28.4 Å². The molecule has 0 bridgehead atoms. The second-order valence-electron chi connectivity index (χ2n) is 8.76. The molecule has 0 saturated heterocycles. The summed E-state index contributed by atoms with van der Waals surface area (Å²) >= 11 is 7.57. The van der Waals surface area contributed by atoms with Gasteiger partial charge in [0.25, 0.3) is 5.91 Å². The van der Waals surface area contributed by atoms with Crippen LogP contribution in [0.5, 0.6) is 0 Å². The second kappa shape index (κ2) is 8.36. The Balaban J connectivity index is 1.50. The molecule has 1 N–H and O–H groups in total. The molecule has 1 atom stereocenters. The van der Waals surface area contributed by atoms with Crippen molar-refractivity contribution in [3.8, 4) is 0 Å². The lowest BCUT2D eigenvalue weighted by molar-refractivity contribution is -0.133. The largest absolute Gasteiger partial charge is 0.350 e. The summed E-state index contributed by atoms with van der Waals surface area (Å²) < 4.78 is 2.00. The zero-order valence-corrected chi connectivity index (χ0v) is 20.0. The number of fused-ring (bicyclic) bond motifs is 3. The van der Waals surface area contributed by atoms with Gasteiger partial charge in [0.15, 0.2) is 0 Å². The minimum atomic E-state index is -1.05. The van der Waals surface area contributed by atoms with E-state index in [9.17, 15) is 9.59 Å². The normalized spacial score (nSPS) is 17.9. The quantitative estimate of drug-likeness (QED) is 0.418. The highest BCUT2D eigenvalue weighted by atomic mass is 35.5. The molecule has 0 aliphatic carbocycles. The van der Waals surface area contributed by atoms with Crippen molar-refractivity contribution in [2.45, 2.75) is 39.0 Å². The van der Waals surface area contributed by atoms with Crippen molar-refractivity contribution in [3.05, 3.63) is 93.5 Å². The van der Waals surface area contributed by atoms with E-state index < -0.39 is 5.54 Å². The van der Waals surface area contributed by atoms with E-state index in [2.05, 4.69) is 11.4 Å². The molecule has 0 saturated carbocycles. The van der Waals surface area contributed by atoms with Crippen LogP contribution < -0.4 is 5.32 Å². The molecule has 2 amide bonds. The highest BCUT2D eigenvalue weighted by Gasteiger charge is 2.47. The summed E-state index contributed by atoms with van der Waals surface area (Å²) in [5, 5.41) is 6.75. The molecule has 5 rings (SSSR count). The van der Waals surface area contributed by atoms with Gasteiger partial charge in [-0.05, 0) is 54.6 Å². The van der Waals surface area contributed by atoms with Crippen LogP contribution in [-0.4, -0.2) is 26.8 Å². The average Bonchev–Trinajstić information content (AvgIpc) is 3.38. The maximum absolute atomic E-state index is 13.7. The number of thiophene rings is 1. The Morgan fingerprint density at radius 3 is 2.67 bits per heavy atom. The summed E-state index contributed by atoms with van der Waals surface area (Å²) in [6.45, 7) is 5.02. The first kappa shape index (κ1) is 21.7. The maximum Gasteiger partial charge on any atom is 0.271 e. The van der Waals surface area contributed by atoms with Gasteiger partial charge in [-0.3, -0.25) is 9.59 Å². The van der Waals surface area contributed by atoms with Gasteiger partial charge < -0.3 is 14.8 Å². The predicted octanol–water partition coefficient (Wildman–Crippen LogP) is 5.40. The van der Waals surface area contributed by atoms with Gasteiger partial charge >= 0.3 is 0 Å². The van der Waals surface area contributed by atoms with E-state index >= 15 is 0 Å². The van der Waals surface area contributed by atoms with Crippen LogP contribution >= 0.6 is 22.9 Å². The minimum Gasteiger partial charge on any atom is -0.350 e. The lowest BCUT2D eigenvalue weighted by atomic mass is 9.93. The first-order chi connectivity index (χ1) is 15.8. The van der Waals surface area contributed by atoms with Crippen molar-refractivity contribution >= 4 is 45.0 Å². The lowest BCUT2D eigenvalue weighted by Crippen LogP contribution is -2.63. The monoisotopic (exact) mass is 477 g/mol. The number of amides is 2. The number of rotatable bonds is 5. The maximum atomic E-state index is 13.7. The number of benzene rings is 2. The molecule has 0 spiro atoms. The summed E-state index contributed by atoms with van der Waals surface area (Å²) in [5.41, 5.74) is 2.66. The fourth-order valence-electron chi connectivity index (χ4n) is 4.47. The highest BCUT2D eigenvalue weighted by Crippen LogP contribution is 2.35. The fourth-order valence-corrected chi connectivity index (χ4v) is 5.50. The minimum absolute atomic E-state index is 0.129. The number of aryl methyl sites for hydroxylation is 1. The lowest BCUT2D eigenvalue weighted by Gasteiger charge is -2.44.